The Kier molecular flexibility index (Phi) is 5.15. The number of aromatic carboxylic acids is 1. The third kappa shape index (κ3) is 3.78. The molecule has 0 radical (unpaired) electrons. The van der Waals surface area contributed by atoms with Crippen LogP contribution < -0.4 is 5.32 Å². The minimum absolute atomic E-state index is 0.118. The van der Waals surface area contributed by atoms with Crippen LogP contribution in [0.15, 0.2) is 53.9 Å². The van der Waals surface area contributed by atoms with Crippen LogP contribution in [-0.4, -0.2) is 17.0 Å². The molecule has 2 aromatic carbocycles. The van der Waals surface area contributed by atoms with E-state index >= 15 is 0 Å². The van der Waals surface area contributed by atoms with E-state index in [1.165, 1.54) is 22.5 Å². The molecule has 5 nitrogen and oxygen atoms in total. The molecular formula is C23H18N2O3S. The summed E-state index contributed by atoms with van der Waals surface area (Å²) < 4.78 is 0. The number of nitriles is 1. The maximum atomic E-state index is 12.6. The Bertz CT molecular complexity index is 1130. The van der Waals surface area contributed by atoms with Crippen LogP contribution in [-0.2, 0) is 12.8 Å². The number of nitrogens with one attached hydrogen (secondary N) is 1. The fraction of sp³-hybridized carbons (Fsp3) is 0.174. The highest BCUT2D eigenvalue weighted by Crippen LogP contribution is 2.39. The normalized spacial score (nSPS) is 15.2. The van der Waals surface area contributed by atoms with Gasteiger partial charge in [-0.25, -0.2) is 4.79 Å². The van der Waals surface area contributed by atoms with Crippen LogP contribution in [0.25, 0.3) is 0 Å². The highest BCUT2D eigenvalue weighted by molar-refractivity contribution is 7.15. The summed E-state index contributed by atoms with van der Waals surface area (Å²) in [5.74, 6) is -1.30. The summed E-state index contributed by atoms with van der Waals surface area (Å²) >= 11 is 1.24. The van der Waals surface area contributed by atoms with Gasteiger partial charge in [-0.15, -0.1) is 11.3 Å². The molecule has 0 aliphatic heterocycles. The number of carboxylic acid groups (broad SMARTS) is 1. The molecule has 1 atom stereocenters. The van der Waals surface area contributed by atoms with Gasteiger partial charge in [-0.1, -0.05) is 24.3 Å². The molecule has 2 N–H and O–H groups in total. The zero-order valence-corrected chi connectivity index (χ0v) is 16.3. The molecule has 1 aliphatic rings. The quantitative estimate of drug-likeness (QED) is 0.653. The Morgan fingerprint density at radius 3 is 2.52 bits per heavy atom. The van der Waals surface area contributed by atoms with Crippen LogP contribution in [0.1, 0.15) is 55.3 Å². The van der Waals surface area contributed by atoms with Crippen molar-refractivity contribution in [1.82, 2.24) is 0 Å². The summed E-state index contributed by atoms with van der Waals surface area (Å²) in [6.07, 6.45) is 2.61. The number of carbonyl (C=O) groups is 2. The smallest absolute Gasteiger partial charge is 0.339 e. The van der Waals surface area contributed by atoms with Crippen LogP contribution in [0, 0.1) is 11.3 Å². The number of thiophene rings is 1. The van der Waals surface area contributed by atoms with Gasteiger partial charge in [-0.05, 0) is 71.5 Å². The van der Waals surface area contributed by atoms with Crippen molar-refractivity contribution in [1.29, 1.82) is 5.26 Å². The van der Waals surface area contributed by atoms with E-state index in [2.05, 4.69) is 17.4 Å². The lowest BCUT2D eigenvalue weighted by molar-refractivity contribution is 0.0696. The first-order valence-corrected chi connectivity index (χ1v) is 10.2. The Morgan fingerprint density at radius 2 is 1.83 bits per heavy atom. The number of aryl methyl sites for hydroxylation is 1. The molecular weight excluding hydrogens is 384 g/mol. The monoisotopic (exact) mass is 402 g/mol. The van der Waals surface area contributed by atoms with E-state index in [4.69, 9.17) is 5.26 Å². The molecule has 29 heavy (non-hydrogen) atoms. The maximum absolute atomic E-state index is 12.6. The molecule has 6 heteroatoms. The van der Waals surface area contributed by atoms with E-state index < -0.39 is 5.97 Å². The second-order valence-corrected chi connectivity index (χ2v) is 7.93. The van der Waals surface area contributed by atoms with Crippen LogP contribution in [0.2, 0.25) is 0 Å². The minimum Gasteiger partial charge on any atom is -0.478 e. The highest BCUT2D eigenvalue weighted by atomic mass is 32.1. The van der Waals surface area contributed by atoms with Crippen molar-refractivity contribution in [2.24, 2.45) is 0 Å². The number of benzene rings is 2. The van der Waals surface area contributed by atoms with Gasteiger partial charge in [0.15, 0.2) is 0 Å². The van der Waals surface area contributed by atoms with Gasteiger partial charge in [-0.3, -0.25) is 4.79 Å². The van der Waals surface area contributed by atoms with Gasteiger partial charge >= 0.3 is 5.97 Å². The number of hydrogen-bond donors (Lipinski definition) is 2. The first-order chi connectivity index (χ1) is 14.1. The molecule has 144 valence electrons. The number of fused-ring (bicyclic) bond motifs is 1. The van der Waals surface area contributed by atoms with Gasteiger partial charge < -0.3 is 10.4 Å². The van der Waals surface area contributed by atoms with Crippen molar-refractivity contribution >= 4 is 28.2 Å². The molecule has 0 spiro atoms. The fourth-order valence-electron chi connectivity index (χ4n) is 3.82. The van der Waals surface area contributed by atoms with Crippen molar-refractivity contribution in [3.05, 3.63) is 87.3 Å². The summed E-state index contributed by atoms with van der Waals surface area (Å²) in [6.45, 7) is 0. The fourth-order valence-corrected chi connectivity index (χ4v) is 4.85. The summed E-state index contributed by atoms with van der Waals surface area (Å²) in [6, 6.07) is 16.5. The predicted octanol–water partition coefficient (Wildman–Crippen LogP) is 4.84. The number of anilines is 1. The van der Waals surface area contributed by atoms with Crippen molar-refractivity contribution in [3.63, 3.8) is 0 Å². The number of rotatable bonds is 4. The van der Waals surface area contributed by atoms with Gasteiger partial charge in [0.1, 0.15) is 5.00 Å². The van der Waals surface area contributed by atoms with E-state index in [-0.39, 0.29) is 17.4 Å². The zero-order valence-electron chi connectivity index (χ0n) is 15.5. The average molecular weight is 402 g/mol. The standard InChI is InChI=1S/C23H18N2O3S/c24-12-14-5-7-16(8-6-14)21(26)25-22-20(23(27)28)19(13-29-22)18-10-9-15-3-1-2-4-17(15)11-18/h1-8,13,18H,9-11H2,(H,25,26)(H,27,28). The molecule has 0 saturated heterocycles. The summed E-state index contributed by atoms with van der Waals surface area (Å²) in [7, 11) is 0. The van der Waals surface area contributed by atoms with Crippen molar-refractivity contribution < 1.29 is 14.7 Å². The number of amides is 1. The molecule has 1 unspecified atom stereocenters. The van der Waals surface area contributed by atoms with E-state index in [1.54, 1.807) is 24.3 Å². The molecule has 1 aliphatic carbocycles. The number of hydrogen-bond acceptors (Lipinski definition) is 4. The zero-order chi connectivity index (χ0) is 20.4. The van der Waals surface area contributed by atoms with Crippen molar-refractivity contribution in [2.45, 2.75) is 25.2 Å². The Hall–Kier alpha value is -3.43. The maximum Gasteiger partial charge on any atom is 0.339 e. The summed E-state index contributed by atoms with van der Waals surface area (Å²) in [5.41, 5.74) is 4.39. The Labute approximate surface area is 172 Å². The SMILES string of the molecule is N#Cc1ccc(C(=O)Nc2scc(C3CCc4ccccc4C3)c2C(=O)O)cc1. The first-order valence-electron chi connectivity index (χ1n) is 9.29. The van der Waals surface area contributed by atoms with Gasteiger partial charge in [0.2, 0.25) is 0 Å². The first kappa shape index (κ1) is 18.9. The molecule has 0 bridgehead atoms. The molecule has 4 rings (SSSR count). The lowest BCUT2D eigenvalue weighted by Crippen LogP contribution is -2.17. The topological polar surface area (TPSA) is 90.2 Å². The molecule has 1 amide bonds. The summed E-state index contributed by atoms with van der Waals surface area (Å²) in [5, 5.41) is 23.7. The molecule has 0 saturated carbocycles. The molecule has 3 aromatic rings. The lowest BCUT2D eigenvalue weighted by atomic mass is 9.80. The number of carboxylic acids is 1. The lowest BCUT2D eigenvalue weighted by Gasteiger charge is -2.24. The van der Waals surface area contributed by atoms with E-state index in [0.717, 1.165) is 24.8 Å². The second kappa shape index (κ2) is 7.90. The Morgan fingerprint density at radius 1 is 1.10 bits per heavy atom. The van der Waals surface area contributed by atoms with Crippen molar-refractivity contribution in [3.8, 4) is 6.07 Å². The summed E-state index contributed by atoms with van der Waals surface area (Å²) in [4.78, 5) is 24.6. The van der Waals surface area contributed by atoms with Gasteiger partial charge in [0, 0.05) is 5.56 Å². The number of carbonyl (C=O) groups excluding carboxylic acids is 1. The molecule has 1 aromatic heterocycles. The van der Waals surface area contributed by atoms with E-state index in [0.29, 0.717) is 16.1 Å². The van der Waals surface area contributed by atoms with Crippen LogP contribution >= 0.6 is 11.3 Å². The average Bonchev–Trinajstić information content (AvgIpc) is 3.17. The van der Waals surface area contributed by atoms with Gasteiger partial charge in [-0.2, -0.15) is 5.26 Å². The van der Waals surface area contributed by atoms with Crippen LogP contribution in [0.3, 0.4) is 0 Å². The van der Waals surface area contributed by atoms with E-state index in [9.17, 15) is 14.7 Å². The largest absolute Gasteiger partial charge is 0.478 e. The van der Waals surface area contributed by atoms with Gasteiger partial charge in [0.05, 0.1) is 17.2 Å². The third-order valence-electron chi connectivity index (χ3n) is 5.32. The Balaban J connectivity index is 1.59. The minimum atomic E-state index is -1.03. The molecule has 0 fully saturated rings. The number of nitrogens with zero attached hydrogens (tertiary/aromatic N) is 1. The highest BCUT2D eigenvalue weighted by Gasteiger charge is 2.28. The third-order valence-corrected chi connectivity index (χ3v) is 6.24. The van der Waals surface area contributed by atoms with Crippen LogP contribution in [0.5, 0.6) is 0 Å². The second-order valence-electron chi connectivity index (χ2n) is 7.05. The van der Waals surface area contributed by atoms with E-state index in [1.807, 2.05) is 23.6 Å². The van der Waals surface area contributed by atoms with Crippen molar-refractivity contribution in [2.75, 3.05) is 5.32 Å². The van der Waals surface area contributed by atoms with Crippen LogP contribution in [0.4, 0.5) is 5.00 Å². The predicted molar refractivity (Wildman–Crippen MR) is 112 cm³/mol. The van der Waals surface area contributed by atoms with Gasteiger partial charge in [0.25, 0.3) is 5.91 Å². The molecule has 1 heterocycles.